The Hall–Kier alpha value is -1.89. The van der Waals surface area contributed by atoms with E-state index in [2.05, 4.69) is 75.2 Å². The topological polar surface area (TPSA) is 34.0 Å². The third kappa shape index (κ3) is 7.08. The maximum atomic E-state index is 13.3. The Labute approximate surface area is 215 Å². The Morgan fingerprint density at radius 3 is 1.94 bits per heavy atom. The number of unbranched alkanes of at least 4 members (excludes halogenated alkanes) is 3. The number of hydrogen-bond acceptors (Lipinski definition) is 3. The van der Waals surface area contributed by atoms with E-state index >= 15 is 0 Å². The molecule has 35 heavy (non-hydrogen) atoms. The summed E-state index contributed by atoms with van der Waals surface area (Å²) in [5.41, 5.74) is 2.04. The molecule has 1 aromatic carbocycles. The van der Waals surface area contributed by atoms with Crippen molar-refractivity contribution >= 4 is 27.8 Å². The summed E-state index contributed by atoms with van der Waals surface area (Å²) in [7, 11) is 2.12. The van der Waals surface area contributed by atoms with E-state index in [1.165, 1.54) is 69.8 Å². The van der Waals surface area contributed by atoms with Crippen LogP contribution < -0.4 is 8.48 Å². The summed E-state index contributed by atoms with van der Waals surface area (Å²) in [5.74, 6) is 0.686. The van der Waals surface area contributed by atoms with Gasteiger partial charge in [0.15, 0.2) is 5.82 Å². The zero-order valence-corrected chi connectivity index (χ0v) is 25.2. The molecular formula is C29H43FN4Sn. The first-order valence-corrected chi connectivity index (χ1v) is 20.9. The van der Waals surface area contributed by atoms with Gasteiger partial charge < -0.3 is 0 Å². The predicted octanol–water partition coefficient (Wildman–Crippen LogP) is 7.66. The number of halogens is 1. The molecule has 3 aromatic rings. The molecule has 0 aliphatic carbocycles. The number of benzene rings is 1. The number of aromatic nitrogens is 3. The molecule has 0 spiro atoms. The van der Waals surface area contributed by atoms with Gasteiger partial charge in [0.1, 0.15) is 0 Å². The van der Waals surface area contributed by atoms with Crippen LogP contribution in [-0.2, 0) is 0 Å². The fraction of sp³-hybridized carbons (Fsp3) is 0.517. The second-order valence-corrected chi connectivity index (χ2v) is 23.2. The molecule has 0 bridgehead atoms. The molecule has 0 fully saturated rings. The van der Waals surface area contributed by atoms with Crippen LogP contribution in [0.1, 0.15) is 77.8 Å². The van der Waals surface area contributed by atoms with Crippen LogP contribution in [0.25, 0.3) is 5.69 Å². The molecule has 2 aromatic heterocycles. The molecule has 3 rings (SSSR count). The molecular weight excluding hydrogens is 542 g/mol. The van der Waals surface area contributed by atoms with E-state index in [0.29, 0.717) is 0 Å². The summed E-state index contributed by atoms with van der Waals surface area (Å²) >= 11 is -2.45. The van der Waals surface area contributed by atoms with E-state index in [4.69, 9.17) is 4.98 Å². The molecule has 190 valence electrons. The summed E-state index contributed by atoms with van der Waals surface area (Å²) in [6.07, 6.45) is 12.8. The van der Waals surface area contributed by atoms with Crippen LogP contribution in [0, 0.1) is 5.82 Å². The average molecular weight is 585 g/mol. The molecule has 0 aliphatic rings. The zero-order valence-electron chi connectivity index (χ0n) is 22.3. The molecule has 0 saturated carbocycles. The molecule has 1 atom stereocenters. The van der Waals surface area contributed by atoms with Gasteiger partial charge in [-0.05, 0) is 0 Å². The molecule has 0 amide bonds. The normalized spacial score (nSPS) is 12.6. The number of nitrogens with zero attached hydrogens (tertiary/aromatic N) is 4. The number of hydrogen-bond donors (Lipinski definition) is 0. The zero-order chi connectivity index (χ0) is 25.3. The minimum atomic E-state index is -2.45. The Balaban J connectivity index is 1.78. The fourth-order valence-corrected chi connectivity index (χ4v) is 20.7. The molecule has 4 nitrogen and oxygen atoms in total. The quantitative estimate of drug-likeness (QED) is 0.182. The van der Waals surface area contributed by atoms with Gasteiger partial charge in [0.2, 0.25) is 0 Å². The fourth-order valence-electron chi connectivity index (χ4n) is 5.03. The van der Waals surface area contributed by atoms with Crippen LogP contribution in [0.5, 0.6) is 0 Å². The van der Waals surface area contributed by atoms with Crippen molar-refractivity contribution in [1.82, 2.24) is 14.8 Å². The number of rotatable bonds is 14. The van der Waals surface area contributed by atoms with E-state index in [0.717, 1.165) is 11.5 Å². The molecule has 2 heterocycles. The van der Waals surface area contributed by atoms with Gasteiger partial charge in [0.05, 0.1) is 6.20 Å². The van der Waals surface area contributed by atoms with Gasteiger partial charge in [-0.1, -0.05) is 0 Å². The van der Waals surface area contributed by atoms with Crippen LogP contribution in [0.4, 0.5) is 10.2 Å². The standard InChI is InChI=1S/C17H16FN4.3C4H9.Sn/c1-13(21(2)17-5-3-4-10-19-17)14-6-8-16(9-7-14)22-12-15(18)11-20-22;3*1-3-4-2;/h3,5-13H,1-2H3;3*1,3-4H2,2H3;. The van der Waals surface area contributed by atoms with Crippen molar-refractivity contribution in [2.45, 2.75) is 85.6 Å². The van der Waals surface area contributed by atoms with E-state index < -0.39 is 18.4 Å². The summed E-state index contributed by atoms with van der Waals surface area (Å²) in [4.78, 5) is 7.25. The first-order valence-electron chi connectivity index (χ1n) is 13.4. The Morgan fingerprint density at radius 1 is 0.886 bits per heavy atom. The monoisotopic (exact) mass is 586 g/mol. The molecule has 0 aliphatic heterocycles. The summed E-state index contributed by atoms with van der Waals surface area (Å²) in [6.45, 7) is 9.18. The van der Waals surface area contributed by atoms with Crippen molar-refractivity contribution in [2.24, 2.45) is 0 Å². The van der Waals surface area contributed by atoms with Gasteiger partial charge in [-0.25, -0.2) is 4.39 Å². The van der Waals surface area contributed by atoms with Gasteiger partial charge in [0.25, 0.3) is 0 Å². The van der Waals surface area contributed by atoms with Crippen molar-refractivity contribution in [3.05, 3.63) is 66.4 Å². The number of pyridine rings is 1. The molecule has 0 N–H and O–H groups in total. The third-order valence-corrected chi connectivity index (χ3v) is 23.1. The van der Waals surface area contributed by atoms with Gasteiger partial charge in [-0.15, -0.1) is 0 Å². The second kappa shape index (κ2) is 13.4. The van der Waals surface area contributed by atoms with E-state index in [9.17, 15) is 4.39 Å². The maximum absolute atomic E-state index is 13.3. The Kier molecular flexibility index (Phi) is 10.6. The van der Waals surface area contributed by atoms with Crippen LogP contribution >= 0.6 is 0 Å². The first kappa shape index (κ1) is 27.7. The van der Waals surface area contributed by atoms with E-state index in [1.54, 1.807) is 8.26 Å². The molecule has 6 heteroatoms. The van der Waals surface area contributed by atoms with Crippen LogP contribution in [0.15, 0.2) is 55.0 Å². The third-order valence-electron chi connectivity index (χ3n) is 7.52. The summed E-state index contributed by atoms with van der Waals surface area (Å²) < 4.78 is 20.9. The van der Waals surface area contributed by atoms with Crippen LogP contribution in [0.2, 0.25) is 13.3 Å². The average Bonchev–Trinajstić information content (AvgIpc) is 3.34. The first-order chi connectivity index (χ1) is 16.9. The van der Waals surface area contributed by atoms with Crippen molar-refractivity contribution in [2.75, 3.05) is 11.9 Å². The van der Waals surface area contributed by atoms with Crippen molar-refractivity contribution in [3.63, 3.8) is 0 Å². The van der Waals surface area contributed by atoms with Gasteiger partial charge >= 0.3 is 200 Å². The van der Waals surface area contributed by atoms with Crippen LogP contribution in [0.3, 0.4) is 0 Å². The SMILES string of the molecule is CCC[CH2][Sn]([CH2]CCC)([CH2]CCC)[c]1ccc(N(C)C(C)c2ccc(-n3cc(F)cn3)cc2)nc1. The predicted molar refractivity (Wildman–Crippen MR) is 149 cm³/mol. The van der Waals surface area contributed by atoms with Crippen molar-refractivity contribution in [3.8, 4) is 5.69 Å². The minimum absolute atomic E-state index is 0.172. The summed E-state index contributed by atoms with van der Waals surface area (Å²) in [5, 5.41) is 4.05. The van der Waals surface area contributed by atoms with Gasteiger partial charge in [0, 0.05) is 0 Å². The number of anilines is 1. The van der Waals surface area contributed by atoms with E-state index in [-0.39, 0.29) is 11.9 Å². The van der Waals surface area contributed by atoms with Gasteiger partial charge in [-0.2, -0.15) is 0 Å². The second-order valence-electron chi connectivity index (χ2n) is 9.98. The molecule has 1 unspecified atom stereocenters. The molecule has 0 saturated heterocycles. The van der Waals surface area contributed by atoms with Crippen molar-refractivity contribution in [1.29, 1.82) is 0 Å². The van der Waals surface area contributed by atoms with Gasteiger partial charge in [-0.3, -0.25) is 0 Å². The summed E-state index contributed by atoms with van der Waals surface area (Å²) in [6, 6.07) is 13.0. The molecule has 0 radical (unpaired) electrons. The van der Waals surface area contributed by atoms with Crippen molar-refractivity contribution < 1.29 is 4.39 Å². The Morgan fingerprint density at radius 2 is 1.49 bits per heavy atom. The van der Waals surface area contributed by atoms with E-state index in [1.807, 2.05) is 12.1 Å². The van der Waals surface area contributed by atoms with Crippen LogP contribution in [-0.4, -0.2) is 40.2 Å². The Bertz CT molecular complexity index is 994.